The second kappa shape index (κ2) is 13.6. The molecular weight excluding hydrogens is 456 g/mol. The van der Waals surface area contributed by atoms with E-state index in [1.54, 1.807) is 33.4 Å². The van der Waals surface area contributed by atoms with Gasteiger partial charge in [0.15, 0.2) is 0 Å². The van der Waals surface area contributed by atoms with Crippen molar-refractivity contribution in [3.05, 3.63) is 105 Å². The fourth-order valence-electron chi connectivity index (χ4n) is 6.36. The molecule has 0 amide bonds. The van der Waals surface area contributed by atoms with Gasteiger partial charge in [-0.2, -0.15) is 0 Å². The summed E-state index contributed by atoms with van der Waals surface area (Å²) in [7, 11) is 0. The maximum Gasteiger partial charge on any atom is -0.0219 e. The predicted octanol–water partition coefficient (Wildman–Crippen LogP) is 10.4. The molecule has 3 aliphatic carbocycles. The molecule has 3 aliphatic rings. The van der Waals surface area contributed by atoms with Crippen LogP contribution in [0.3, 0.4) is 0 Å². The third kappa shape index (κ3) is 7.62. The van der Waals surface area contributed by atoms with Crippen LogP contribution in [0.1, 0.15) is 124 Å². The molecule has 0 N–H and O–H groups in total. The molecule has 0 heterocycles. The first-order chi connectivity index (χ1) is 18.3. The van der Waals surface area contributed by atoms with Crippen LogP contribution in [0, 0.1) is 11.8 Å². The van der Waals surface area contributed by atoms with Crippen LogP contribution < -0.4 is 0 Å². The third-order valence-corrected chi connectivity index (χ3v) is 9.16. The molecule has 1 unspecified atom stereocenters. The van der Waals surface area contributed by atoms with Crippen molar-refractivity contribution in [2.75, 3.05) is 0 Å². The molecule has 3 aromatic rings. The SMILES string of the molecule is CC(C)C1CCc2ccccc2C1.CC(C)c1ccc2c(c1)CCC2.CC(C)c1ccc2c(c1)CCCC2. The minimum Gasteiger partial charge on any atom is -0.0625 e. The summed E-state index contributed by atoms with van der Waals surface area (Å²) in [6.45, 7) is 13.7. The first kappa shape index (κ1) is 28.7. The highest BCUT2D eigenvalue weighted by atomic mass is 14.3. The first-order valence-electron chi connectivity index (χ1n) is 15.6. The van der Waals surface area contributed by atoms with E-state index in [2.05, 4.69) is 102 Å². The molecule has 0 radical (unpaired) electrons. The average molecular weight is 509 g/mol. The van der Waals surface area contributed by atoms with E-state index in [1.165, 1.54) is 75.3 Å². The Labute approximate surface area is 234 Å². The van der Waals surface area contributed by atoms with E-state index in [4.69, 9.17) is 0 Å². The molecule has 38 heavy (non-hydrogen) atoms. The van der Waals surface area contributed by atoms with Crippen molar-refractivity contribution < 1.29 is 0 Å². The largest absolute Gasteiger partial charge is 0.0625 e. The van der Waals surface area contributed by atoms with Gasteiger partial charge in [-0.3, -0.25) is 0 Å². The van der Waals surface area contributed by atoms with Gasteiger partial charge < -0.3 is 0 Å². The lowest BCUT2D eigenvalue weighted by molar-refractivity contribution is 0.343. The average Bonchev–Trinajstić information content (AvgIpc) is 3.41. The molecule has 0 aromatic heterocycles. The van der Waals surface area contributed by atoms with Crippen molar-refractivity contribution >= 4 is 0 Å². The maximum atomic E-state index is 2.42. The predicted molar refractivity (Wildman–Crippen MR) is 167 cm³/mol. The molecule has 0 fully saturated rings. The lowest BCUT2D eigenvalue weighted by atomic mass is 9.78. The molecular formula is C38H52. The second-order valence-electron chi connectivity index (χ2n) is 12.9. The molecule has 0 saturated carbocycles. The third-order valence-electron chi connectivity index (χ3n) is 9.16. The van der Waals surface area contributed by atoms with E-state index in [1.807, 2.05) is 0 Å². The van der Waals surface area contributed by atoms with Crippen LogP contribution in [0.4, 0.5) is 0 Å². The molecule has 0 bridgehead atoms. The Morgan fingerprint density at radius 2 is 0.974 bits per heavy atom. The topological polar surface area (TPSA) is 0 Å². The molecule has 0 aliphatic heterocycles. The van der Waals surface area contributed by atoms with Crippen molar-refractivity contribution in [2.45, 2.75) is 118 Å². The van der Waals surface area contributed by atoms with Gasteiger partial charge in [0.2, 0.25) is 0 Å². The monoisotopic (exact) mass is 508 g/mol. The van der Waals surface area contributed by atoms with Gasteiger partial charge in [0.1, 0.15) is 0 Å². The number of fused-ring (bicyclic) bond motifs is 3. The molecule has 6 rings (SSSR count). The number of aryl methyl sites for hydroxylation is 5. The zero-order valence-corrected chi connectivity index (χ0v) is 25.2. The van der Waals surface area contributed by atoms with Gasteiger partial charge in [-0.05, 0) is 132 Å². The Kier molecular flexibility index (Phi) is 10.3. The van der Waals surface area contributed by atoms with E-state index in [0.29, 0.717) is 11.8 Å². The fraction of sp³-hybridized carbons (Fsp3) is 0.526. The van der Waals surface area contributed by atoms with E-state index >= 15 is 0 Å². The Morgan fingerprint density at radius 1 is 0.500 bits per heavy atom. The van der Waals surface area contributed by atoms with Crippen molar-refractivity contribution in [1.29, 1.82) is 0 Å². The summed E-state index contributed by atoms with van der Waals surface area (Å²) in [5, 5.41) is 0. The molecule has 0 saturated heterocycles. The van der Waals surface area contributed by atoms with Gasteiger partial charge in [-0.15, -0.1) is 0 Å². The first-order valence-corrected chi connectivity index (χ1v) is 15.6. The minimum atomic E-state index is 0.673. The van der Waals surface area contributed by atoms with Crippen molar-refractivity contribution in [3.63, 3.8) is 0 Å². The molecule has 204 valence electrons. The molecule has 0 heteroatoms. The number of benzene rings is 3. The zero-order chi connectivity index (χ0) is 27.1. The second-order valence-corrected chi connectivity index (χ2v) is 12.9. The smallest absolute Gasteiger partial charge is 0.0219 e. The Hall–Kier alpha value is -2.34. The Balaban J connectivity index is 0.000000133. The van der Waals surface area contributed by atoms with Gasteiger partial charge in [0.05, 0.1) is 0 Å². The number of hydrogen-bond acceptors (Lipinski definition) is 0. The highest BCUT2D eigenvalue weighted by Gasteiger charge is 2.20. The number of hydrogen-bond donors (Lipinski definition) is 0. The van der Waals surface area contributed by atoms with Gasteiger partial charge in [-0.1, -0.05) is 102 Å². The lowest BCUT2D eigenvalue weighted by Gasteiger charge is -2.27. The van der Waals surface area contributed by atoms with E-state index < -0.39 is 0 Å². The molecule has 3 aromatic carbocycles. The van der Waals surface area contributed by atoms with Crippen LogP contribution in [0.2, 0.25) is 0 Å². The van der Waals surface area contributed by atoms with Gasteiger partial charge in [0, 0.05) is 0 Å². The molecule has 1 atom stereocenters. The van der Waals surface area contributed by atoms with Crippen molar-refractivity contribution in [1.82, 2.24) is 0 Å². The lowest BCUT2D eigenvalue weighted by Crippen LogP contribution is -2.18. The Bertz CT molecular complexity index is 1160. The van der Waals surface area contributed by atoms with E-state index in [-0.39, 0.29) is 0 Å². The Morgan fingerprint density at radius 3 is 1.53 bits per heavy atom. The van der Waals surface area contributed by atoms with Crippen LogP contribution in [-0.2, 0) is 38.5 Å². The summed E-state index contributed by atoms with van der Waals surface area (Å²) < 4.78 is 0. The fourth-order valence-corrected chi connectivity index (χ4v) is 6.36. The van der Waals surface area contributed by atoms with Crippen molar-refractivity contribution in [3.8, 4) is 0 Å². The van der Waals surface area contributed by atoms with Crippen LogP contribution in [0.25, 0.3) is 0 Å². The van der Waals surface area contributed by atoms with Crippen LogP contribution in [0.15, 0.2) is 60.7 Å². The van der Waals surface area contributed by atoms with Gasteiger partial charge in [0.25, 0.3) is 0 Å². The molecule has 0 nitrogen and oxygen atoms in total. The van der Waals surface area contributed by atoms with Gasteiger partial charge in [-0.25, -0.2) is 0 Å². The summed E-state index contributed by atoms with van der Waals surface area (Å²) in [5.74, 6) is 3.10. The number of rotatable bonds is 3. The maximum absolute atomic E-state index is 2.42. The standard InChI is InChI=1S/2C13H18.C12H16/c2*1-10(2)12-8-7-11-5-3-4-6-13(11)9-12;1-9(2)11-7-6-10-4-3-5-12(10)8-11/h7-10H,3-6H2,1-2H3;3-6,10,12H,7-9H2,1-2H3;6-9H,3-5H2,1-2H3. The summed E-state index contributed by atoms with van der Waals surface area (Å²) in [6.07, 6.45) is 13.3. The van der Waals surface area contributed by atoms with E-state index in [9.17, 15) is 0 Å². The van der Waals surface area contributed by atoms with Crippen molar-refractivity contribution in [2.24, 2.45) is 11.8 Å². The highest BCUT2D eigenvalue weighted by Crippen LogP contribution is 2.30. The normalized spacial score (nSPS) is 17.7. The summed E-state index contributed by atoms with van der Waals surface area (Å²) >= 11 is 0. The van der Waals surface area contributed by atoms with Crippen LogP contribution >= 0.6 is 0 Å². The summed E-state index contributed by atoms with van der Waals surface area (Å²) in [6, 6.07) is 23.0. The van der Waals surface area contributed by atoms with Crippen LogP contribution in [0.5, 0.6) is 0 Å². The van der Waals surface area contributed by atoms with Gasteiger partial charge >= 0.3 is 0 Å². The quantitative estimate of drug-likeness (QED) is 0.330. The summed E-state index contributed by atoms with van der Waals surface area (Å²) in [5.41, 5.74) is 12.6. The van der Waals surface area contributed by atoms with Crippen LogP contribution in [-0.4, -0.2) is 0 Å². The highest BCUT2D eigenvalue weighted by molar-refractivity contribution is 5.37. The zero-order valence-electron chi connectivity index (χ0n) is 25.2. The summed E-state index contributed by atoms with van der Waals surface area (Å²) in [4.78, 5) is 0. The molecule has 0 spiro atoms. The van der Waals surface area contributed by atoms with E-state index in [0.717, 1.165) is 11.8 Å². The minimum absolute atomic E-state index is 0.673.